The van der Waals surface area contributed by atoms with Crippen LogP contribution in [0.15, 0.2) is 24.3 Å². The molecule has 0 amide bonds. The molecule has 0 bridgehead atoms. The molecule has 0 heterocycles. The summed E-state index contributed by atoms with van der Waals surface area (Å²) in [6.45, 7) is -1.38. The van der Waals surface area contributed by atoms with E-state index >= 15 is 0 Å². The van der Waals surface area contributed by atoms with Gasteiger partial charge in [0.15, 0.2) is 5.78 Å². The second-order valence-corrected chi connectivity index (χ2v) is 3.54. The van der Waals surface area contributed by atoms with Crippen molar-refractivity contribution in [1.29, 1.82) is 0 Å². The van der Waals surface area contributed by atoms with Gasteiger partial charge < -0.3 is 4.74 Å². The van der Waals surface area contributed by atoms with Crippen molar-refractivity contribution in [2.45, 2.75) is 18.9 Å². The predicted octanol–water partition coefficient (Wildman–Crippen LogP) is 3.10. The number of ether oxygens (including phenoxy) is 1. The van der Waals surface area contributed by atoms with Crippen molar-refractivity contribution in [2.75, 3.05) is 0 Å². The molecule has 0 radical (unpaired) electrons. The average molecular weight is 235 g/mol. The Morgan fingerprint density at radius 2 is 2.13 bits per heavy atom. The number of hydrogen-bond donors (Lipinski definition) is 0. The lowest BCUT2D eigenvalue weighted by Crippen LogP contribution is -2.11. The zero-order valence-electron chi connectivity index (χ0n) is 7.91. The van der Waals surface area contributed by atoms with Gasteiger partial charge in [0.25, 0.3) is 0 Å². The Hall–Kier alpha value is -1.16. The molecule has 1 aromatic carbocycles. The van der Waals surface area contributed by atoms with Crippen LogP contribution in [-0.2, 0) is 0 Å². The van der Waals surface area contributed by atoms with Crippen molar-refractivity contribution in [3.63, 3.8) is 0 Å². The fraction of sp³-hybridized carbons (Fsp3) is 0.300. The normalized spacial score (nSPS) is 12.6. The first-order valence-electron chi connectivity index (χ1n) is 4.24. The second-order valence-electron chi connectivity index (χ2n) is 2.89. The molecule has 0 spiro atoms. The van der Waals surface area contributed by atoms with Crippen LogP contribution in [0.25, 0.3) is 0 Å². The lowest BCUT2D eigenvalue weighted by molar-refractivity contribution is -0.0498. The van der Waals surface area contributed by atoms with Gasteiger partial charge in [0.1, 0.15) is 5.75 Å². The van der Waals surface area contributed by atoms with Gasteiger partial charge in [0, 0.05) is 5.56 Å². The van der Waals surface area contributed by atoms with Crippen LogP contribution in [0.5, 0.6) is 5.75 Å². The summed E-state index contributed by atoms with van der Waals surface area (Å²) >= 11 is 5.58. The molecule has 82 valence electrons. The summed E-state index contributed by atoms with van der Waals surface area (Å²) in [7, 11) is 0. The van der Waals surface area contributed by atoms with Crippen molar-refractivity contribution in [3.8, 4) is 5.75 Å². The highest BCUT2D eigenvalue weighted by atomic mass is 35.5. The number of ketones is 1. The molecule has 0 saturated carbocycles. The standard InChI is InChI=1S/C10H9ClF2O2/c1-6(11)9(14)7-3-2-4-8(5-7)15-10(12)13/h2-6,10H,1H3. The monoisotopic (exact) mass is 234 g/mol. The van der Waals surface area contributed by atoms with Gasteiger partial charge >= 0.3 is 6.61 Å². The van der Waals surface area contributed by atoms with Gasteiger partial charge in [-0.1, -0.05) is 12.1 Å². The van der Waals surface area contributed by atoms with Gasteiger partial charge in [-0.05, 0) is 19.1 Å². The number of carbonyl (C=O) groups excluding carboxylic acids is 1. The third-order valence-corrected chi connectivity index (χ3v) is 1.90. The Labute approximate surface area is 90.8 Å². The van der Waals surface area contributed by atoms with Gasteiger partial charge in [-0.15, -0.1) is 11.6 Å². The number of carbonyl (C=O) groups is 1. The van der Waals surface area contributed by atoms with Crippen molar-refractivity contribution in [1.82, 2.24) is 0 Å². The summed E-state index contributed by atoms with van der Waals surface area (Å²) in [5, 5.41) is -0.688. The van der Waals surface area contributed by atoms with Crippen LogP contribution in [0.2, 0.25) is 0 Å². The molecule has 0 aliphatic heterocycles. The van der Waals surface area contributed by atoms with E-state index in [9.17, 15) is 13.6 Å². The molecule has 1 atom stereocenters. The lowest BCUT2D eigenvalue weighted by atomic mass is 10.1. The SMILES string of the molecule is CC(Cl)C(=O)c1cccc(OC(F)F)c1. The van der Waals surface area contributed by atoms with Gasteiger partial charge in [-0.3, -0.25) is 4.79 Å². The molecule has 0 fully saturated rings. The number of rotatable bonds is 4. The lowest BCUT2D eigenvalue weighted by Gasteiger charge is -2.06. The van der Waals surface area contributed by atoms with Gasteiger partial charge in [0.2, 0.25) is 0 Å². The van der Waals surface area contributed by atoms with Gasteiger partial charge in [0.05, 0.1) is 5.38 Å². The third kappa shape index (κ3) is 3.47. The van der Waals surface area contributed by atoms with E-state index in [1.54, 1.807) is 0 Å². The summed E-state index contributed by atoms with van der Waals surface area (Å²) in [6, 6.07) is 5.55. The van der Waals surface area contributed by atoms with Crippen LogP contribution in [0.1, 0.15) is 17.3 Å². The second kappa shape index (κ2) is 5.07. The summed E-state index contributed by atoms with van der Waals surface area (Å²) in [5.41, 5.74) is 0.260. The quantitative estimate of drug-likeness (QED) is 0.591. The van der Waals surface area contributed by atoms with Crippen LogP contribution in [0, 0.1) is 0 Å². The number of benzene rings is 1. The maximum Gasteiger partial charge on any atom is 0.387 e. The van der Waals surface area contributed by atoms with Crippen molar-refractivity contribution < 1.29 is 18.3 Å². The minimum atomic E-state index is -2.90. The number of hydrogen-bond acceptors (Lipinski definition) is 2. The van der Waals surface area contributed by atoms with Gasteiger partial charge in [-0.25, -0.2) is 0 Å². The van der Waals surface area contributed by atoms with E-state index in [4.69, 9.17) is 11.6 Å². The number of halogens is 3. The molecule has 0 N–H and O–H groups in total. The van der Waals surface area contributed by atoms with Gasteiger partial charge in [-0.2, -0.15) is 8.78 Å². The molecule has 0 aliphatic rings. The van der Waals surface area contributed by atoms with Crippen LogP contribution in [-0.4, -0.2) is 17.8 Å². The minimum Gasteiger partial charge on any atom is -0.435 e. The zero-order valence-corrected chi connectivity index (χ0v) is 8.67. The fourth-order valence-corrected chi connectivity index (χ4v) is 1.18. The van der Waals surface area contributed by atoms with Crippen molar-refractivity contribution in [3.05, 3.63) is 29.8 Å². The molecule has 0 aliphatic carbocycles. The van der Waals surface area contributed by atoms with Crippen LogP contribution in [0.3, 0.4) is 0 Å². The zero-order chi connectivity index (χ0) is 11.4. The van der Waals surface area contributed by atoms with E-state index < -0.39 is 12.0 Å². The molecular formula is C10H9ClF2O2. The molecule has 1 unspecified atom stereocenters. The molecule has 2 nitrogen and oxygen atoms in total. The molecule has 0 aromatic heterocycles. The summed E-state index contributed by atoms with van der Waals surface area (Å²) in [4.78, 5) is 11.4. The summed E-state index contributed by atoms with van der Waals surface area (Å²) < 4.78 is 27.9. The van der Waals surface area contributed by atoms with Crippen molar-refractivity contribution >= 4 is 17.4 Å². The number of Topliss-reactive ketones (excluding diaryl/α,β-unsaturated/α-hetero) is 1. The molecule has 0 saturated heterocycles. The Balaban J connectivity index is 2.87. The first-order chi connectivity index (χ1) is 7.00. The maximum atomic E-state index is 11.9. The Morgan fingerprint density at radius 3 is 2.67 bits per heavy atom. The highest BCUT2D eigenvalue weighted by Gasteiger charge is 2.13. The summed E-state index contributed by atoms with van der Waals surface area (Å²) in [5.74, 6) is -0.371. The predicted molar refractivity (Wildman–Crippen MR) is 52.7 cm³/mol. The fourth-order valence-electron chi connectivity index (χ4n) is 1.06. The maximum absolute atomic E-state index is 11.9. The largest absolute Gasteiger partial charge is 0.435 e. The average Bonchev–Trinajstić information content (AvgIpc) is 2.16. The van der Waals surface area contributed by atoms with Crippen LogP contribution >= 0.6 is 11.6 Å². The van der Waals surface area contributed by atoms with Crippen LogP contribution in [0.4, 0.5) is 8.78 Å². The third-order valence-electron chi connectivity index (χ3n) is 1.71. The molecule has 1 aromatic rings. The smallest absolute Gasteiger partial charge is 0.387 e. The molecule has 1 rings (SSSR count). The Bertz CT molecular complexity index is 353. The molecule has 15 heavy (non-hydrogen) atoms. The topological polar surface area (TPSA) is 26.3 Å². The van der Waals surface area contributed by atoms with Crippen molar-refractivity contribution in [2.24, 2.45) is 0 Å². The molecule has 5 heteroatoms. The Kier molecular flexibility index (Phi) is 4.03. The summed E-state index contributed by atoms with van der Waals surface area (Å²) in [6.07, 6.45) is 0. The first kappa shape index (κ1) is 11.9. The van der Waals surface area contributed by atoms with E-state index in [0.29, 0.717) is 0 Å². The van der Waals surface area contributed by atoms with E-state index in [-0.39, 0.29) is 17.1 Å². The van der Waals surface area contributed by atoms with E-state index in [0.717, 1.165) is 0 Å². The van der Waals surface area contributed by atoms with Crippen LogP contribution < -0.4 is 4.74 Å². The Morgan fingerprint density at radius 1 is 1.47 bits per heavy atom. The number of alkyl halides is 3. The van der Waals surface area contributed by atoms with E-state index in [1.807, 2.05) is 0 Å². The highest BCUT2D eigenvalue weighted by molar-refractivity contribution is 6.33. The van der Waals surface area contributed by atoms with E-state index in [2.05, 4.69) is 4.74 Å². The first-order valence-corrected chi connectivity index (χ1v) is 4.67. The minimum absolute atomic E-state index is 0.0480. The highest BCUT2D eigenvalue weighted by Crippen LogP contribution is 2.18. The molecular weight excluding hydrogens is 226 g/mol. The van der Waals surface area contributed by atoms with E-state index in [1.165, 1.54) is 31.2 Å².